The Morgan fingerprint density at radius 2 is 2.08 bits per heavy atom. The molecule has 0 unspecified atom stereocenters. The maximum Gasteiger partial charge on any atom is 0.244 e. The van der Waals surface area contributed by atoms with Crippen LogP contribution in [0.4, 0.5) is 0 Å². The Labute approximate surface area is 140 Å². The normalized spacial score (nSPS) is 16.0. The molecule has 1 aliphatic rings. The van der Waals surface area contributed by atoms with Gasteiger partial charge in [-0.3, -0.25) is 9.88 Å². The largest absolute Gasteiger partial charge is 0.492 e. The molecule has 122 valence electrons. The van der Waals surface area contributed by atoms with Gasteiger partial charge in [0.2, 0.25) is 11.7 Å². The van der Waals surface area contributed by atoms with Crippen molar-refractivity contribution < 1.29 is 9.26 Å². The molecule has 3 heterocycles. The van der Waals surface area contributed by atoms with Gasteiger partial charge in [0, 0.05) is 36.6 Å². The molecule has 3 aromatic rings. The van der Waals surface area contributed by atoms with Crippen LogP contribution in [0.25, 0.3) is 11.4 Å². The summed E-state index contributed by atoms with van der Waals surface area (Å²) in [4.78, 5) is 10.9. The lowest BCUT2D eigenvalue weighted by Crippen LogP contribution is -2.29. The minimum absolute atomic E-state index is 0.0117. The average molecular weight is 322 g/mol. The molecule has 6 nitrogen and oxygen atoms in total. The Kier molecular flexibility index (Phi) is 3.96. The summed E-state index contributed by atoms with van der Waals surface area (Å²) in [7, 11) is 0. The molecule has 0 N–H and O–H groups in total. The van der Waals surface area contributed by atoms with E-state index in [1.165, 1.54) is 5.56 Å². The van der Waals surface area contributed by atoms with Gasteiger partial charge in [-0.1, -0.05) is 23.4 Å². The van der Waals surface area contributed by atoms with E-state index < -0.39 is 0 Å². The van der Waals surface area contributed by atoms with Crippen LogP contribution in [0, 0.1) is 0 Å². The molecule has 0 radical (unpaired) electrons. The van der Waals surface area contributed by atoms with Crippen molar-refractivity contribution in [1.29, 1.82) is 0 Å². The second-order valence-electron chi connectivity index (χ2n) is 5.80. The van der Waals surface area contributed by atoms with Gasteiger partial charge in [0.1, 0.15) is 12.4 Å². The average Bonchev–Trinajstić information content (AvgIpc) is 3.02. The molecule has 24 heavy (non-hydrogen) atoms. The standard InChI is InChI=1S/C18H18N4O2/c1-13(18-20-17(21-24-18)14-6-4-8-19-11-14)22-9-10-23-16-7-3-2-5-15(16)12-22/h2-8,11,13H,9-10,12H2,1H3/t13-/m1/s1. The summed E-state index contributed by atoms with van der Waals surface area (Å²) in [5.41, 5.74) is 2.03. The number of pyridine rings is 1. The van der Waals surface area contributed by atoms with Crippen molar-refractivity contribution in [3.63, 3.8) is 0 Å². The highest BCUT2D eigenvalue weighted by Gasteiger charge is 2.25. The number of benzene rings is 1. The van der Waals surface area contributed by atoms with Gasteiger partial charge in [-0.05, 0) is 25.1 Å². The second kappa shape index (κ2) is 6.41. The van der Waals surface area contributed by atoms with E-state index in [-0.39, 0.29) is 6.04 Å². The fraction of sp³-hybridized carbons (Fsp3) is 0.278. The first-order chi connectivity index (χ1) is 11.8. The number of fused-ring (bicyclic) bond motifs is 1. The Balaban J connectivity index is 1.56. The summed E-state index contributed by atoms with van der Waals surface area (Å²) in [6.45, 7) is 4.32. The third kappa shape index (κ3) is 2.88. The van der Waals surface area contributed by atoms with Gasteiger partial charge in [0.05, 0.1) is 6.04 Å². The van der Waals surface area contributed by atoms with Crippen LogP contribution in [0.5, 0.6) is 5.75 Å². The van der Waals surface area contributed by atoms with Gasteiger partial charge in [-0.2, -0.15) is 4.98 Å². The van der Waals surface area contributed by atoms with Crippen LogP contribution in [-0.4, -0.2) is 33.2 Å². The molecular formula is C18H18N4O2. The van der Waals surface area contributed by atoms with E-state index in [1.807, 2.05) is 30.3 Å². The molecule has 0 fully saturated rings. The van der Waals surface area contributed by atoms with Crippen LogP contribution < -0.4 is 4.74 Å². The van der Waals surface area contributed by atoms with E-state index in [9.17, 15) is 0 Å². The molecular weight excluding hydrogens is 304 g/mol. The smallest absolute Gasteiger partial charge is 0.244 e. The summed E-state index contributed by atoms with van der Waals surface area (Å²) in [6.07, 6.45) is 3.46. The quantitative estimate of drug-likeness (QED) is 0.738. The topological polar surface area (TPSA) is 64.3 Å². The van der Waals surface area contributed by atoms with Gasteiger partial charge in [0.15, 0.2) is 0 Å². The summed E-state index contributed by atoms with van der Waals surface area (Å²) in [6, 6.07) is 11.9. The van der Waals surface area contributed by atoms with Crippen molar-refractivity contribution in [3.8, 4) is 17.1 Å². The Morgan fingerprint density at radius 1 is 1.17 bits per heavy atom. The molecule has 0 spiro atoms. The van der Waals surface area contributed by atoms with E-state index in [4.69, 9.17) is 9.26 Å². The lowest BCUT2D eigenvalue weighted by molar-refractivity contribution is 0.151. The number of aromatic nitrogens is 3. The number of nitrogens with zero attached hydrogens (tertiary/aromatic N) is 4. The third-order valence-electron chi connectivity index (χ3n) is 4.25. The van der Waals surface area contributed by atoms with Crippen LogP contribution in [0.15, 0.2) is 53.3 Å². The molecule has 2 aromatic heterocycles. The van der Waals surface area contributed by atoms with Crippen molar-refractivity contribution in [2.45, 2.75) is 19.5 Å². The van der Waals surface area contributed by atoms with Crippen molar-refractivity contribution >= 4 is 0 Å². The van der Waals surface area contributed by atoms with E-state index in [0.717, 1.165) is 24.4 Å². The van der Waals surface area contributed by atoms with Gasteiger partial charge >= 0.3 is 0 Å². The molecule has 4 rings (SSSR count). The molecule has 1 aliphatic heterocycles. The van der Waals surface area contributed by atoms with Gasteiger partial charge in [0.25, 0.3) is 0 Å². The highest BCUT2D eigenvalue weighted by atomic mass is 16.5. The zero-order valence-corrected chi connectivity index (χ0v) is 13.4. The highest BCUT2D eigenvalue weighted by Crippen LogP contribution is 2.28. The summed E-state index contributed by atoms with van der Waals surface area (Å²) >= 11 is 0. The Morgan fingerprint density at radius 3 is 2.96 bits per heavy atom. The van der Waals surface area contributed by atoms with Crippen molar-refractivity contribution in [1.82, 2.24) is 20.0 Å². The van der Waals surface area contributed by atoms with E-state index in [1.54, 1.807) is 12.4 Å². The number of para-hydroxylation sites is 1. The first-order valence-corrected chi connectivity index (χ1v) is 8.00. The molecule has 0 amide bonds. The Bertz CT molecular complexity index is 819. The highest BCUT2D eigenvalue weighted by molar-refractivity contribution is 5.51. The minimum atomic E-state index is 0.0117. The number of hydrogen-bond donors (Lipinski definition) is 0. The lowest BCUT2D eigenvalue weighted by atomic mass is 10.1. The first kappa shape index (κ1) is 14.8. The van der Waals surface area contributed by atoms with Crippen LogP contribution in [0.1, 0.15) is 24.4 Å². The van der Waals surface area contributed by atoms with Gasteiger partial charge in [-0.15, -0.1) is 0 Å². The molecule has 1 atom stereocenters. The van der Waals surface area contributed by atoms with E-state index in [2.05, 4.69) is 33.0 Å². The SMILES string of the molecule is C[C@H](c1nc(-c2cccnc2)no1)N1CCOc2ccccc2C1. The molecule has 0 bridgehead atoms. The summed E-state index contributed by atoms with van der Waals surface area (Å²) in [5.74, 6) is 2.12. The van der Waals surface area contributed by atoms with E-state index >= 15 is 0 Å². The maximum absolute atomic E-state index is 5.82. The maximum atomic E-state index is 5.82. The summed E-state index contributed by atoms with van der Waals surface area (Å²) in [5, 5.41) is 4.09. The predicted octanol–water partition coefficient (Wildman–Crippen LogP) is 3.09. The molecule has 0 saturated carbocycles. The zero-order chi connectivity index (χ0) is 16.4. The van der Waals surface area contributed by atoms with Crippen molar-refractivity contribution in [2.24, 2.45) is 0 Å². The zero-order valence-electron chi connectivity index (χ0n) is 13.4. The van der Waals surface area contributed by atoms with Crippen LogP contribution in [0.2, 0.25) is 0 Å². The third-order valence-corrected chi connectivity index (χ3v) is 4.25. The van der Waals surface area contributed by atoms with Crippen molar-refractivity contribution in [2.75, 3.05) is 13.2 Å². The minimum Gasteiger partial charge on any atom is -0.492 e. The molecule has 1 aromatic carbocycles. The van der Waals surface area contributed by atoms with Crippen LogP contribution in [-0.2, 0) is 6.54 Å². The number of hydrogen-bond acceptors (Lipinski definition) is 6. The monoisotopic (exact) mass is 322 g/mol. The Hall–Kier alpha value is -2.73. The fourth-order valence-corrected chi connectivity index (χ4v) is 2.85. The van der Waals surface area contributed by atoms with Crippen LogP contribution in [0.3, 0.4) is 0 Å². The fourth-order valence-electron chi connectivity index (χ4n) is 2.85. The molecule has 0 aliphatic carbocycles. The number of ether oxygens (including phenoxy) is 1. The predicted molar refractivity (Wildman–Crippen MR) is 88.3 cm³/mol. The van der Waals surface area contributed by atoms with Gasteiger partial charge in [-0.25, -0.2) is 0 Å². The van der Waals surface area contributed by atoms with E-state index in [0.29, 0.717) is 18.3 Å². The van der Waals surface area contributed by atoms with Crippen molar-refractivity contribution in [3.05, 3.63) is 60.2 Å². The second-order valence-corrected chi connectivity index (χ2v) is 5.80. The molecule has 0 saturated heterocycles. The lowest BCUT2D eigenvalue weighted by Gasteiger charge is -2.23. The number of rotatable bonds is 3. The van der Waals surface area contributed by atoms with Crippen LogP contribution >= 0.6 is 0 Å². The summed E-state index contributed by atoms with van der Waals surface area (Å²) < 4.78 is 11.3. The van der Waals surface area contributed by atoms with Gasteiger partial charge < -0.3 is 9.26 Å². The molecule has 6 heteroatoms. The first-order valence-electron chi connectivity index (χ1n) is 8.00.